The molecule has 2 heterocycles. The maximum Gasteiger partial charge on any atom is 0.306 e. The van der Waals surface area contributed by atoms with Gasteiger partial charge in [0.1, 0.15) is 5.78 Å². The van der Waals surface area contributed by atoms with Crippen molar-refractivity contribution in [2.24, 2.45) is 11.8 Å². The standard InChI is InChI=1S/C28H34N2O4/c1-19-5-3-4-6-24(19)25(17-26(31)22-9-12-27(32)29(2)18-22)20-7-10-23(11-8-20)30-15-13-21(14-16-30)28(33)34/h3-8,10-11,21-22,25H,9,12-18H2,1-2H3,(H,33,34)/t22?,25-/m1/s1. The van der Waals surface area contributed by atoms with Gasteiger partial charge < -0.3 is 14.9 Å². The van der Waals surface area contributed by atoms with Crippen molar-refractivity contribution in [3.63, 3.8) is 0 Å². The topological polar surface area (TPSA) is 77.9 Å². The summed E-state index contributed by atoms with van der Waals surface area (Å²) in [6.45, 7) is 4.07. The molecular formula is C28H34N2O4. The van der Waals surface area contributed by atoms with Crippen LogP contribution in [0, 0.1) is 18.8 Å². The quantitative estimate of drug-likeness (QED) is 0.665. The smallest absolute Gasteiger partial charge is 0.306 e. The van der Waals surface area contributed by atoms with Crippen LogP contribution in [0.5, 0.6) is 0 Å². The van der Waals surface area contributed by atoms with Gasteiger partial charge in [-0.15, -0.1) is 0 Å². The largest absolute Gasteiger partial charge is 0.481 e. The summed E-state index contributed by atoms with van der Waals surface area (Å²) in [6.07, 6.45) is 2.81. The summed E-state index contributed by atoms with van der Waals surface area (Å²) in [4.78, 5) is 40.4. The lowest BCUT2D eigenvalue weighted by atomic mass is 9.81. The fraction of sp³-hybridized carbons (Fsp3) is 0.464. The number of benzene rings is 2. The second kappa shape index (κ2) is 10.4. The van der Waals surface area contributed by atoms with Crippen LogP contribution in [-0.4, -0.2) is 54.3 Å². The molecule has 0 saturated carbocycles. The van der Waals surface area contributed by atoms with E-state index in [9.17, 15) is 19.5 Å². The highest BCUT2D eigenvalue weighted by Gasteiger charge is 2.31. The number of nitrogens with zero attached hydrogens (tertiary/aromatic N) is 2. The second-order valence-electron chi connectivity index (χ2n) is 9.78. The van der Waals surface area contributed by atoms with Crippen LogP contribution in [0.3, 0.4) is 0 Å². The number of carboxylic acid groups (broad SMARTS) is 1. The van der Waals surface area contributed by atoms with Crippen molar-refractivity contribution in [3.8, 4) is 0 Å². The van der Waals surface area contributed by atoms with Gasteiger partial charge in [0.2, 0.25) is 5.91 Å². The van der Waals surface area contributed by atoms with E-state index in [2.05, 4.69) is 48.2 Å². The van der Waals surface area contributed by atoms with Crippen molar-refractivity contribution >= 4 is 23.3 Å². The molecule has 6 nitrogen and oxygen atoms in total. The lowest BCUT2D eigenvalue weighted by molar-refractivity contribution is -0.142. The highest BCUT2D eigenvalue weighted by molar-refractivity contribution is 5.86. The number of carboxylic acids is 1. The predicted molar refractivity (Wildman–Crippen MR) is 132 cm³/mol. The minimum atomic E-state index is -0.700. The van der Waals surface area contributed by atoms with E-state index in [1.54, 1.807) is 11.9 Å². The Morgan fingerprint density at radius 1 is 1.00 bits per heavy atom. The van der Waals surface area contributed by atoms with Crippen molar-refractivity contribution in [1.29, 1.82) is 0 Å². The molecule has 6 heteroatoms. The Kier molecular flexibility index (Phi) is 7.35. The van der Waals surface area contributed by atoms with Gasteiger partial charge in [-0.05, 0) is 55.0 Å². The zero-order valence-corrected chi connectivity index (χ0v) is 20.1. The summed E-state index contributed by atoms with van der Waals surface area (Å²) in [7, 11) is 1.78. The van der Waals surface area contributed by atoms with Crippen molar-refractivity contribution in [3.05, 3.63) is 65.2 Å². The molecule has 180 valence electrons. The number of aryl methyl sites for hydroxylation is 1. The molecule has 2 aliphatic rings. The zero-order valence-electron chi connectivity index (χ0n) is 20.1. The number of rotatable bonds is 7. The van der Waals surface area contributed by atoms with E-state index in [1.165, 1.54) is 0 Å². The van der Waals surface area contributed by atoms with Crippen molar-refractivity contribution < 1.29 is 19.5 Å². The molecule has 0 aromatic heterocycles. The van der Waals surface area contributed by atoms with Gasteiger partial charge in [0, 0.05) is 57.0 Å². The Hall–Kier alpha value is -3.15. The molecule has 1 N–H and O–H groups in total. The molecule has 34 heavy (non-hydrogen) atoms. The molecule has 0 spiro atoms. The van der Waals surface area contributed by atoms with Crippen LogP contribution in [0.2, 0.25) is 0 Å². The number of piperidine rings is 2. The normalized spacial score (nSPS) is 20.3. The third kappa shape index (κ3) is 5.32. The number of hydrogen-bond donors (Lipinski definition) is 1. The van der Waals surface area contributed by atoms with Gasteiger partial charge in [0.25, 0.3) is 0 Å². The van der Waals surface area contributed by atoms with Crippen molar-refractivity contribution in [2.75, 3.05) is 31.6 Å². The number of carbonyl (C=O) groups excluding carboxylic acids is 2. The third-order valence-electron chi connectivity index (χ3n) is 7.56. The molecule has 2 saturated heterocycles. The van der Waals surface area contributed by atoms with Gasteiger partial charge in [0.05, 0.1) is 5.92 Å². The summed E-state index contributed by atoms with van der Waals surface area (Å²) in [5, 5.41) is 9.25. The first-order chi connectivity index (χ1) is 16.3. The van der Waals surface area contributed by atoms with Crippen molar-refractivity contribution in [2.45, 2.75) is 44.9 Å². The summed E-state index contributed by atoms with van der Waals surface area (Å²) in [5.41, 5.74) is 4.52. The Bertz CT molecular complexity index is 1040. The molecule has 2 aromatic rings. The van der Waals surface area contributed by atoms with Gasteiger partial charge in [-0.2, -0.15) is 0 Å². The number of Topliss-reactive ketones (excluding diaryl/α,β-unsaturated/α-hetero) is 1. The average molecular weight is 463 g/mol. The summed E-state index contributed by atoms with van der Waals surface area (Å²) in [6, 6.07) is 16.6. The number of amides is 1. The van der Waals surface area contributed by atoms with E-state index in [4.69, 9.17) is 0 Å². The Morgan fingerprint density at radius 2 is 1.68 bits per heavy atom. The molecule has 2 aliphatic heterocycles. The van der Waals surface area contributed by atoms with Crippen LogP contribution < -0.4 is 4.90 Å². The van der Waals surface area contributed by atoms with E-state index in [0.29, 0.717) is 38.6 Å². The van der Waals surface area contributed by atoms with Gasteiger partial charge in [-0.1, -0.05) is 36.4 Å². The van der Waals surface area contributed by atoms with Crippen LogP contribution in [0.1, 0.15) is 54.7 Å². The predicted octanol–water partition coefficient (Wildman–Crippen LogP) is 4.26. The fourth-order valence-corrected chi connectivity index (χ4v) is 5.33. The van der Waals surface area contributed by atoms with Crippen LogP contribution in [0.25, 0.3) is 0 Å². The highest BCUT2D eigenvalue weighted by Crippen LogP contribution is 2.34. The van der Waals surface area contributed by atoms with E-state index < -0.39 is 5.97 Å². The molecule has 1 unspecified atom stereocenters. The van der Waals surface area contributed by atoms with E-state index in [1.807, 2.05) is 12.1 Å². The second-order valence-corrected chi connectivity index (χ2v) is 9.78. The maximum atomic E-state index is 13.3. The molecule has 0 radical (unpaired) electrons. The number of carbonyl (C=O) groups is 3. The van der Waals surface area contributed by atoms with Crippen LogP contribution in [0.15, 0.2) is 48.5 Å². The number of ketones is 1. The molecule has 2 aromatic carbocycles. The summed E-state index contributed by atoms with van der Waals surface area (Å²) < 4.78 is 0. The maximum absolute atomic E-state index is 13.3. The molecule has 4 rings (SSSR count). The average Bonchev–Trinajstić information content (AvgIpc) is 2.85. The fourth-order valence-electron chi connectivity index (χ4n) is 5.33. The number of hydrogen-bond acceptors (Lipinski definition) is 4. The van der Waals surface area contributed by atoms with Gasteiger partial charge in [-0.25, -0.2) is 0 Å². The molecule has 0 aliphatic carbocycles. The number of anilines is 1. The number of aliphatic carboxylic acids is 1. The van der Waals surface area contributed by atoms with Crippen LogP contribution >= 0.6 is 0 Å². The zero-order chi connectivity index (χ0) is 24.2. The summed E-state index contributed by atoms with van der Waals surface area (Å²) >= 11 is 0. The monoisotopic (exact) mass is 462 g/mol. The lowest BCUT2D eigenvalue weighted by Gasteiger charge is -2.32. The minimum absolute atomic E-state index is 0.0385. The minimum Gasteiger partial charge on any atom is -0.481 e. The first-order valence-corrected chi connectivity index (χ1v) is 12.2. The van der Waals surface area contributed by atoms with Crippen molar-refractivity contribution in [1.82, 2.24) is 4.90 Å². The number of likely N-dealkylation sites (tertiary alicyclic amines) is 1. The molecule has 2 fully saturated rings. The van der Waals surface area contributed by atoms with E-state index >= 15 is 0 Å². The van der Waals surface area contributed by atoms with Crippen LogP contribution in [-0.2, 0) is 14.4 Å². The summed E-state index contributed by atoms with van der Waals surface area (Å²) in [5.74, 6) is -0.766. The Balaban J connectivity index is 1.53. The van der Waals surface area contributed by atoms with E-state index in [0.717, 1.165) is 35.5 Å². The molecule has 0 bridgehead atoms. The van der Waals surface area contributed by atoms with Gasteiger partial charge in [0.15, 0.2) is 0 Å². The highest BCUT2D eigenvalue weighted by atomic mass is 16.4. The molecule has 1 amide bonds. The molecule has 2 atom stereocenters. The van der Waals surface area contributed by atoms with Gasteiger partial charge >= 0.3 is 5.97 Å². The van der Waals surface area contributed by atoms with Crippen LogP contribution in [0.4, 0.5) is 5.69 Å². The first-order valence-electron chi connectivity index (χ1n) is 12.2. The Morgan fingerprint density at radius 3 is 2.29 bits per heavy atom. The third-order valence-corrected chi connectivity index (χ3v) is 7.56. The SMILES string of the molecule is Cc1ccccc1[C@H](CC(=O)C1CCC(=O)N(C)C1)c1ccc(N2CCC(C(=O)O)CC2)cc1. The molecular weight excluding hydrogens is 428 g/mol. The van der Waals surface area contributed by atoms with Gasteiger partial charge in [-0.3, -0.25) is 14.4 Å². The first kappa shape index (κ1) is 24.0. The Labute approximate surface area is 201 Å². The van der Waals surface area contributed by atoms with E-state index in [-0.39, 0.29) is 29.4 Å². The lowest BCUT2D eigenvalue weighted by Crippen LogP contribution is -2.40.